The molecule has 0 aliphatic rings. The molecule has 18 heavy (non-hydrogen) atoms. The topological polar surface area (TPSA) is 80.3 Å². The predicted molar refractivity (Wildman–Crippen MR) is 66.6 cm³/mol. The fourth-order valence-corrected chi connectivity index (χ4v) is 1.65. The normalized spacial score (nSPS) is 10.6. The monoisotopic (exact) mass is 269 g/mol. The fraction of sp³-hybridized carbons (Fsp3) is 0.273. The van der Waals surface area contributed by atoms with E-state index in [0.717, 1.165) is 10.2 Å². The van der Waals surface area contributed by atoms with Gasteiger partial charge in [0.05, 0.1) is 37.6 Å². The van der Waals surface area contributed by atoms with Crippen LogP contribution in [0.4, 0.5) is 5.69 Å². The molecule has 0 aliphatic heterocycles. The van der Waals surface area contributed by atoms with Gasteiger partial charge in [0.2, 0.25) is 0 Å². The molecule has 0 aliphatic carbocycles. The smallest absolute Gasteiger partial charge is 0.287 e. The van der Waals surface area contributed by atoms with Gasteiger partial charge in [-0.2, -0.15) is 5.10 Å². The average Bonchev–Trinajstić information content (AvgIpc) is 2.87. The molecule has 0 amide bonds. The molecule has 6 nitrogen and oxygen atoms in total. The van der Waals surface area contributed by atoms with Gasteiger partial charge in [0.25, 0.3) is 5.56 Å². The molecule has 0 saturated heterocycles. The molecule has 0 saturated carbocycles. The zero-order valence-corrected chi connectivity index (χ0v) is 10.2. The number of nitrogens with zero attached hydrogens (tertiary/aromatic N) is 2. The molecule has 0 fully saturated rings. The Balaban J connectivity index is 2.14. The van der Waals surface area contributed by atoms with E-state index in [9.17, 15) is 4.79 Å². The highest BCUT2D eigenvalue weighted by molar-refractivity contribution is 6.32. The van der Waals surface area contributed by atoms with Crippen molar-refractivity contribution < 1.29 is 9.52 Å². The maximum atomic E-state index is 11.7. The summed E-state index contributed by atoms with van der Waals surface area (Å²) >= 11 is 5.93. The Kier molecular flexibility index (Phi) is 4.01. The molecule has 0 unspecified atom stereocenters. The molecule has 0 bridgehead atoms. The van der Waals surface area contributed by atoms with Crippen molar-refractivity contribution in [2.45, 2.75) is 13.1 Å². The third-order valence-corrected chi connectivity index (χ3v) is 2.73. The lowest BCUT2D eigenvalue weighted by Gasteiger charge is -2.08. The van der Waals surface area contributed by atoms with E-state index >= 15 is 0 Å². The van der Waals surface area contributed by atoms with Crippen LogP contribution in [0.5, 0.6) is 0 Å². The van der Waals surface area contributed by atoms with Gasteiger partial charge in [0.1, 0.15) is 5.02 Å². The molecule has 2 aromatic heterocycles. The van der Waals surface area contributed by atoms with Crippen molar-refractivity contribution in [1.29, 1.82) is 0 Å². The third-order valence-electron chi connectivity index (χ3n) is 2.36. The van der Waals surface area contributed by atoms with Crippen LogP contribution in [0, 0.1) is 0 Å². The van der Waals surface area contributed by atoms with Crippen LogP contribution in [-0.2, 0) is 13.1 Å². The van der Waals surface area contributed by atoms with Crippen molar-refractivity contribution in [3.05, 3.63) is 45.7 Å². The van der Waals surface area contributed by atoms with Crippen molar-refractivity contribution in [3.8, 4) is 0 Å². The second-order valence-corrected chi connectivity index (χ2v) is 3.99. The van der Waals surface area contributed by atoms with E-state index < -0.39 is 5.56 Å². The molecule has 0 radical (unpaired) electrons. The highest BCUT2D eigenvalue weighted by atomic mass is 35.5. The predicted octanol–water partition coefficient (Wildman–Crippen LogP) is 1.09. The van der Waals surface area contributed by atoms with Crippen molar-refractivity contribution in [2.75, 3.05) is 11.9 Å². The molecule has 0 spiro atoms. The van der Waals surface area contributed by atoms with E-state index in [0.29, 0.717) is 12.2 Å². The number of nitrogens with one attached hydrogen (secondary N) is 1. The van der Waals surface area contributed by atoms with Gasteiger partial charge in [0, 0.05) is 12.1 Å². The molecule has 0 atom stereocenters. The van der Waals surface area contributed by atoms with E-state index in [-0.39, 0.29) is 18.2 Å². The zero-order valence-electron chi connectivity index (χ0n) is 9.47. The molecule has 0 aromatic carbocycles. The lowest BCUT2D eigenvalue weighted by atomic mass is 10.3. The zero-order chi connectivity index (χ0) is 13.0. The number of aliphatic hydroxyl groups excluding tert-OH is 1. The number of rotatable bonds is 5. The van der Waals surface area contributed by atoms with Crippen LogP contribution in [0.15, 0.2) is 34.0 Å². The van der Waals surface area contributed by atoms with Gasteiger partial charge in [-0.15, -0.1) is 0 Å². The number of aliphatic hydroxyl groups is 1. The van der Waals surface area contributed by atoms with Crippen molar-refractivity contribution in [2.24, 2.45) is 0 Å². The summed E-state index contributed by atoms with van der Waals surface area (Å²) in [6.07, 6.45) is 4.62. The summed E-state index contributed by atoms with van der Waals surface area (Å²) in [7, 11) is 0. The van der Waals surface area contributed by atoms with E-state index in [4.69, 9.17) is 21.1 Å². The van der Waals surface area contributed by atoms with Gasteiger partial charge in [-0.05, 0) is 6.07 Å². The molecule has 2 heterocycles. The van der Waals surface area contributed by atoms with E-state index in [1.807, 2.05) is 0 Å². The second kappa shape index (κ2) is 5.70. The summed E-state index contributed by atoms with van der Waals surface area (Å²) in [4.78, 5) is 11.7. The Morgan fingerprint density at radius 3 is 3.06 bits per heavy atom. The number of halogens is 1. The first-order valence-corrected chi connectivity index (χ1v) is 5.71. The highest BCUT2D eigenvalue weighted by Crippen LogP contribution is 2.16. The van der Waals surface area contributed by atoms with Crippen LogP contribution in [0.3, 0.4) is 0 Å². The lowest BCUT2D eigenvalue weighted by molar-refractivity contribution is 0.266. The Morgan fingerprint density at radius 2 is 2.39 bits per heavy atom. The maximum Gasteiger partial charge on any atom is 0.287 e. The SMILES string of the molecule is O=c1c(Cl)c(NCc2ccoc2)cnn1CCO. The Hall–Kier alpha value is -1.79. The molecule has 2 N–H and O–H groups in total. The summed E-state index contributed by atoms with van der Waals surface area (Å²) in [5.74, 6) is 0. The lowest BCUT2D eigenvalue weighted by Crippen LogP contribution is -2.25. The number of furan rings is 1. The summed E-state index contributed by atoms with van der Waals surface area (Å²) in [6, 6.07) is 1.81. The molecular weight excluding hydrogens is 258 g/mol. The number of hydrogen-bond acceptors (Lipinski definition) is 5. The molecule has 2 aromatic rings. The first-order chi connectivity index (χ1) is 8.72. The van der Waals surface area contributed by atoms with Gasteiger partial charge in [0.15, 0.2) is 0 Å². The summed E-state index contributed by atoms with van der Waals surface area (Å²) < 4.78 is 6.04. The first-order valence-electron chi connectivity index (χ1n) is 5.34. The molecule has 7 heteroatoms. The minimum Gasteiger partial charge on any atom is -0.472 e. The van der Waals surface area contributed by atoms with Gasteiger partial charge in [-0.1, -0.05) is 11.6 Å². The highest BCUT2D eigenvalue weighted by Gasteiger charge is 2.08. The van der Waals surface area contributed by atoms with E-state index in [2.05, 4.69) is 10.4 Å². The first kappa shape index (κ1) is 12.7. The molecule has 2 rings (SSSR count). The fourth-order valence-electron chi connectivity index (χ4n) is 1.43. The van der Waals surface area contributed by atoms with Crippen LogP contribution < -0.4 is 10.9 Å². The van der Waals surface area contributed by atoms with Crippen molar-refractivity contribution in [3.63, 3.8) is 0 Å². The van der Waals surface area contributed by atoms with Crippen LogP contribution in [0.2, 0.25) is 5.02 Å². The maximum absolute atomic E-state index is 11.7. The molecule has 96 valence electrons. The van der Waals surface area contributed by atoms with Gasteiger partial charge in [-0.25, -0.2) is 4.68 Å². The largest absolute Gasteiger partial charge is 0.472 e. The van der Waals surface area contributed by atoms with Crippen molar-refractivity contribution >= 4 is 17.3 Å². The van der Waals surface area contributed by atoms with Crippen LogP contribution in [0.25, 0.3) is 0 Å². The number of aromatic nitrogens is 2. The molecular formula is C11H12ClN3O3. The van der Waals surface area contributed by atoms with Crippen molar-refractivity contribution in [1.82, 2.24) is 9.78 Å². The Morgan fingerprint density at radius 1 is 1.56 bits per heavy atom. The van der Waals surface area contributed by atoms with Gasteiger partial charge < -0.3 is 14.8 Å². The second-order valence-electron chi connectivity index (χ2n) is 3.61. The van der Waals surface area contributed by atoms with Gasteiger partial charge >= 0.3 is 0 Å². The minimum atomic E-state index is -0.428. The number of anilines is 1. The quantitative estimate of drug-likeness (QED) is 0.849. The van der Waals surface area contributed by atoms with E-state index in [1.54, 1.807) is 18.6 Å². The minimum absolute atomic E-state index is 0.0574. The summed E-state index contributed by atoms with van der Waals surface area (Å²) in [6.45, 7) is 0.451. The van der Waals surface area contributed by atoms with Crippen LogP contribution >= 0.6 is 11.6 Å². The standard InChI is InChI=1S/C11H12ClN3O3/c12-10-9(13-5-8-1-4-18-7-8)6-14-15(2-3-16)11(10)17/h1,4,6-7,13,16H,2-3,5H2. The number of hydrogen-bond donors (Lipinski definition) is 2. The average molecular weight is 270 g/mol. The van der Waals surface area contributed by atoms with E-state index in [1.165, 1.54) is 6.20 Å². The summed E-state index contributed by atoms with van der Waals surface area (Å²) in [5.41, 5.74) is 0.963. The van der Waals surface area contributed by atoms with Crippen LogP contribution in [-0.4, -0.2) is 21.5 Å². The van der Waals surface area contributed by atoms with Crippen LogP contribution in [0.1, 0.15) is 5.56 Å². The Labute approximate surface area is 108 Å². The Bertz CT molecular complexity index is 565. The summed E-state index contributed by atoms with van der Waals surface area (Å²) in [5, 5.41) is 15.7. The van der Waals surface area contributed by atoms with Gasteiger partial charge in [-0.3, -0.25) is 4.79 Å². The third kappa shape index (κ3) is 2.72.